The molecule has 0 aliphatic heterocycles. The van der Waals surface area contributed by atoms with Gasteiger partial charge in [-0.25, -0.2) is 0 Å². The largest absolute Gasteiger partial charge is 0.361 e. The standard InChI is InChI=1S/C13H17N3O/c14-7-5-13(17)15-8-6-10-9-16-12-4-2-1-3-11(10)12/h1-4,9,16H,5-8,14H2,(H,15,17)/p+1. The molecule has 17 heavy (non-hydrogen) atoms. The predicted octanol–water partition coefficient (Wildman–Crippen LogP) is 0.459. The van der Waals surface area contributed by atoms with Crippen LogP contribution in [0.2, 0.25) is 0 Å². The lowest BCUT2D eigenvalue weighted by molar-refractivity contribution is -0.366. The van der Waals surface area contributed by atoms with Crippen molar-refractivity contribution >= 4 is 16.8 Å². The van der Waals surface area contributed by atoms with Gasteiger partial charge < -0.3 is 16.0 Å². The number of hydrogen-bond acceptors (Lipinski definition) is 1. The predicted molar refractivity (Wildman–Crippen MR) is 67.4 cm³/mol. The molecule has 1 amide bonds. The van der Waals surface area contributed by atoms with E-state index in [2.05, 4.69) is 28.2 Å². The molecule has 0 unspecified atom stereocenters. The number of nitrogens with one attached hydrogen (secondary N) is 2. The fourth-order valence-electron chi connectivity index (χ4n) is 1.92. The van der Waals surface area contributed by atoms with E-state index in [0.717, 1.165) is 11.9 Å². The maximum Gasteiger partial charge on any atom is 0.225 e. The van der Waals surface area contributed by atoms with Crippen LogP contribution in [0, 0.1) is 0 Å². The van der Waals surface area contributed by atoms with Crippen LogP contribution in [0.5, 0.6) is 0 Å². The summed E-state index contributed by atoms with van der Waals surface area (Å²) in [7, 11) is 0. The number of amides is 1. The lowest BCUT2D eigenvalue weighted by Gasteiger charge is -2.02. The minimum Gasteiger partial charge on any atom is -0.361 e. The smallest absolute Gasteiger partial charge is 0.225 e. The van der Waals surface area contributed by atoms with E-state index in [4.69, 9.17) is 0 Å². The van der Waals surface area contributed by atoms with Crippen molar-refractivity contribution in [1.82, 2.24) is 10.3 Å². The summed E-state index contributed by atoms with van der Waals surface area (Å²) in [5, 5.41) is 4.13. The van der Waals surface area contributed by atoms with Gasteiger partial charge in [0.05, 0.1) is 13.0 Å². The topological polar surface area (TPSA) is 72.5 Å². The highest BCUT2D eigenvalue weighted by Gasteiger charge is 2.04. The molecule has 2 rings (SSSR count). The average molecular weight is 232 g/mol. The third-order valence-electron chi connectivity index (χ3n) is 2.80. The summed E-state index contributed by atoms with van der Waals surface area (Å²) < 4.78 is 0. The molecule has 5 N–H and O–H groups in total. The Morgan fingerprint density at radius 2 is 2.18 bits per heavy atom. The summed E-state index contributed by atoms with van der Waals surface area (Å²) in [5.74, 6) is 0.0832. The molecular formula is C13H18N3O+. The molecule has 0 bridgehead atoms. The Bertz CT molecular complexity index is 504. The number of benzene rings is 1. The van der Waals surface area contributed by atoms with Crippen molar-refractivity contribution in [2.75, 3.05) is 13.1 Å². The SMILES string of the molecule is [NH3+]CCC(=O)NCCc1c[nH]c2ccccc12. The van der Waals surface area contributed by atoms with Crippen molar-refractivity contribution in [1.29, 1.82) is 0 Å². The van der Waals surface area contributed by atoms with Crippen LogP contribution in [-0.4, -0.2) is 24.0 Å². The molecule has 90 valence electrons. The molecule has 0 aliphatic carbocycles. The number of quaternary nitrogens is 1. The second-order valence-electron chi connectivity index (χ2n) is 4.06. The third-order valence-corrected chi connectivity index (χ3v) is 2.80. The van der Waals surface area contributed by atoms with Gasteiger partial charge in [-0.2, -0.15) is 0 Å². The molecule has 0 radical (unpaired) electrons. The summed E-state index contributed by atoms with van der Waals surface area (Å²) in [6.07, 6.45) is 3.37. The number of carbonyl (C=O) groups is 1. The Morgan fingerprint density at radius 1 is 1.35 bits per heavy atom. The van der Waals surface area contributed by atoms with Crippen LogP contribution in [0.4, 0.5) is 0 Å². The van der Waals surface area contributed by atoms with Gasteiger partial charge in [0.15, 0.2) is 0 Å². The third kappa shape index (κ3) is 2.85. The number of aromatic amines is 1. The van der Waals surface area contributed by atoms with Crippen LogP contribution < -0.4 is 11.1 Å². The summed E-state index contributed by atoms with van der Waals surface area (Å²) in [5.41, 5.74) is 6.05. The number of para-hydroxylation sites is 1. The highest BCUT2D eigenvalue weighted by Crippen LogP contribution is 2.17. The monoisotopic (exact) mass is 232 g/mol. The highest BCUT2D eigenvalue weighted by molar-refractivity contribution is 5.83. The van der Waals surface area contributed by atoms with Gasteiger partial charge in [0.25, 0.3) is 0 Å². The molecule has 0 atom stereocenters. The Labute approximate surface area is 100 Å². The second kappa shape index (κ2) is 5.50. The zero-order valence-corrected chi connectivity index (χ0v) is 9.83. The normalized spacial score (nSPS) is 10.6. The first-order valence-corrected chi connectivity index (χ1v) is 5.92. The molecule has 4 heteroatoms. The first-order valence-electron chi connectivity index (χ1n) is 5.92. The minimum absolute atomic E-state index is 0.0832. The van der Waals surface area contributed by atoms with Gasteiger partial charge in [0, 0.05) is 23.6 Å². The molecule has 0 saturated carbocycles. The number of hydrogen-bond donors (Lipinski definition) is 3. The van der Waals surface area contributed by atoms with Gasteiger partial charge in [-0.1, -0.05) is 18.2 Å². The van der Waals surface area contributed by atoms with E-state index in [0.29, 0.717) is 19.5 Å². The van der Waals surface area contributed by atoms with Gasteiger partial charge in [-0.15, -0.1) is 0 Å². The Kier molecular flexibility index (Phi) is 3.77. The van der Waals surface area contributed by atoms with E-state index >= 15 is 0 Å². The van der Waals surface area contributed by atoms with Crippen molar-refractivity contribution < 1.29 is 10.5 Å². The van der Waals surface area contributed by atoms with Crippen LogP contribution in [0.25, 0.3) is 10.9 Å². The zero-order chi connectivity index (χ0) is 12.1. The van der Waals surface area contributed by atoms with E-state index in [1.54, 1.807) is 0 Å². The second-order valence-corrected chi connectivity index (χ2v) is 4.06. The molecule has 0 saturated heterocycles. The Morgan fingerprint density at radius 3 is 3.00 bits per heavy atom. The maximum absolute atomic E-state index is 11.3. The molecule has 2 aromatic rings. The summed E-state index contributed by atoms with van der Waals surface area (Å²) in [6, 6.07) is 8.19. The molecule has 0 fully saturated rings. The number of fused-ring (bicyclic) bond motifs is 1. The first-order chi connectivity index (χ1) is 8.31. The van der Waals surface area contributed by atoms with Crippen molar-refractivity contribution in [2.45, 2.75) is 12.8 Å². The van der Waals surface area contributed by atoms with Crippen molar-refractivity contribution in [3.05, 3.63) is 36.0 Å². The maximum atomic E-state index is 11.3. The van der Waals surface area contributed by atoms with E-state index in [-0.39, 0.29) is 5.91 Å². The van der Waals surface area contributed by atoms with Gasteiger partial charge >= 0.3 is 0 Å². The summed E-state index contributed by atoms with van der Waals surface area (Å²) >= 11 is 0. The van der Waals surface area contributed by atoms with Crippen LogP contribution in [0.3, 0.4) is 0 Å². The molecule has 4 nitrogen and oxygen atoms in total. The molecule has 1 aromatic carbocycles. The van der Waals surface area contributed by atoms with Crippen LogP contribution in [0.1, 0.15) is 12.0 Å². The van der Waals surface area contributed by atoms with Gasteiger partial charge in [-0.3, -0.25) is 4.79 Å². The lowest BCUT2D eigenvalue weighted by atomic mass is 10.1. The fraction of sp³-hybridized carbons (Fsp3) is 0.308. The van der Waals surface area contributed by atoms with Gasteiger partial charge in [0.2, 0.25) is 5.91 Å². The van der Waals surface area contributed by atoms with Crippen molar-refractivity contribution in [3.63, 3.8) is 0 Å². The average Bonchev–Trinajstić information content (AvgIpc) is 2.73. The summed E-state index contributed by atoms with van der Waals surface area (Å²) in [6.45, 7) is 1.33. The van der Waals surface area contributed by atoms with Gasteiger partial charge in [0.1, 0.15) is 0 Å². The molecule has 0 spiro atoms. The van der Waals surface area contributed by atoms with Crippen LogP contribution in [-0.2, 0) is 11.2 Å². The highest BCUT2D eigenvalue weighted by atomic mass is 16.1. The number of aromatic nitrogens is 1. The number of rotatable bonds is 5. The molecule has 1 aromatic heterocycles. The van der Waals surface area contributed by atoms with E-state index in [1.807, 2.05) is 18.3 Å². The molecular weight excluding hydrogens is 214 g/mol. The quantitative estimate of drug-likeness (QED) is 0.688. The van der Waals surface area contributed by atoms with Crippen LogP contribution >= 0.6 is 0 Å². The number of H-pyrrole nitrogens is 1. The number of carbonyl (C=O) groups excluding carboxylic acids is 1. The molecule has 0 aliphatic rings. The lowest BCUT2D eigenvalue weighted by Crippen LogP contribution is -2.51. The Hall–Kier alpha value is -1.81. The Balaban J connectivity index is 1.93. The zero-order valence-electron chi connectivity index (χ0n) is 9.83. The minimum atomic E-state index is 0.0832. The van der Waals surface area contributed by atoms with Crippen LogP contribution in [0.15, 0.2) is 30.5 Å². The van der Waals surface area contributed by atoms with Crippen molar-refractivity contribution in [2.24, 2.45) is 0 Å². The van der Waals surface area contributed by atoms with Crippen molar-refractivity contribution in [3.8, 4) is 0 Å². The van der Waals surface area contributed by atoms with Gasteiger partial charge in [-0.05, 0) is 18.1 Å². The summed E-state index contributed by atoms with van der Waals surface area (Å²) in [4.78, 5) is 14.5. The van der Waals surface area contributed by atoms with E-state index in [9.17, 15) is 4.79 Å². The van der Waals surface area contributed by atoms with E-state index in [1.165, 1.54) is 10.9 Å². The van der Waals surface area contributed by atoms with E-state index < -0.39 is 0 Å². The molecule has 1 heterocycles. The fourth-order valence-corrected chi connectivity index (χ4v) is 1.92. The first kappa shape index (κ1) is 11.7.